The largest absolute Gasteiger partial charge is 0.346 e. The van der Waals surface area contributed by atoms with Crippen LogP contribution in [0.5, 0.6) is 0 Å². The van der Waals surface area contributed by atoms with Gasteiger partial charge in [-0.05, 0) is 24.5 Å². The van der Waals surface area contributed by atoms with Crippen LogP contribution in [0.25, 0.3) is 0 Å². The van der Waals surface area contributed by atoms with Crippen LogP contribution >= 0.6 is 24.8 Å². The zero-order valence-electron chi connectivity index (χ0n) is 14.4. The number of pyridine rings is 1. The number of nitrogens with one attached hydrogen (secondary N) is 1. The van der Waals surface area contributed by atoms with Crippen molar-refractivity contribution in [2.24, 2.45) is 11.7 Å². The molecular formula is C16H28Cl2N4O2. The second-order valence-corrected chi connectivity index (χ2v) is 5.84. The summed E-state index contributed by atoms with van der Waals surface area (Å²) in [6, 6.07) is 5.13. The Morgan fingerprint density at radius 2 is 1.96 bits per heavy atom. The summed E-state index contributed by atoms with van der Waals surface area (Å²) in [6.45, 7) is 4.54. The van der Waals surface area contributed by atoms with Gasteiger partial charge in [0.25, 0.3) is 0 Å². The van der Waals surface area contributed by atoms with Crippen LogP contribution < -0.4 is 11.1 Å². The van der Waals surface area contributed by atoms with E-state index in [0.29, 0.717) is 25.3 Å². The molecule has 0 unspecified atom stereocenters. The Morgan fingerprint density at radius 3 is 2.50 bits per heavy atom. The van der Waals surface area contributed by atoms with Crippen LogP contribution in [0.15, 0.2) is 24.4 Å². The Morgan fingerprint density at radius 1 is 1.29 bits per heavy atom. The topological polar surface area (TPSA) is 88.3 Å². The van der Waals surface area contributed by atoms with Crippen molar-refractivity contribution in [3.63, 3.8) is 0 Å². The lowest BCUT2D eigenvalue weighted by atomic mass is 10.0. The Hall–Kier alpha value is -1.37. The molecule has 0 spiro atoms. The summed E-state index contributed by atoms with van der Waals surface area (Å²) in [5.41, 5.74) is 6.71. The molecule has 0 aliphatic rings. The van der Waals surface area contributed by atoms with E-state index in [1.807, 2.05) is 32.0 Å². The van der Waals surface area contributed by atoms with E-state index in [2.05, 4.69) is 10.3 Å². The molecule has 6 nitrogen and oxygen atoms in total. The van der Waals surface area contributed by atoms with E-state index in [-0.39, 0.29) is 43.2 Å². The molecule has 1 heterocycles. The number of nitrogens with zero attached hydrogens (tertiary/aromatic N) is 2. The van der Waals surface area contributed by atoms with Crippen molar-refractivity contribution in [1.29, 1.82) is 0 Å². The minimum absolute atomic E-state index is 0. The van der Waals surface area contributed by atoms with E-state index in [4.69, 9.17) is 5.73 Å². The molecule has 138 valence electrons. The number of hydrogen-bond donors (Lipinski definition) is 2. The molecule has 0 saturated heterocycles. The highest BCUT2D eigenvalue weighted by Crippen LogP contribution is 2.02. The van der Waals surface area contributed by atoms with Gasteiger partial charge in [-0.15, -0.1) is 24.8 Å². The zero-order valence-corrected chi connectivity index (χ0v) is 16.0. The van der Waals surface area contributed by atoms with Crippen LogP contribution in [0, 0.1) is 5.92 Å². The minimum atomic E-state index is -0.563. The summed E-state index contributed by atoms with van der Waals surface area (Å²) < 4.78 is 0. The fourth-order valence-corrected chi connectivity index (χ4v) is 2.00. The fraction of sp³-hybridized carbons (Fsp3) is 0.562. The Labute approximate surface area is 156 Å². The number of aromatic nitrogens is 1. The van der Waals surface area contributed by atoms with Crippen LogP contribution in [0.3, 0.4) is 0 Å². The van der Waals surface area contributed by atoms with Gasteiger partial charge in [-0.1, -0.05) is 19.9 Å². The molecule has 2 amide bonds. The molecule has 0 aliphatic carbocycles. The number of nitrogens with two attached hydrogens (primary N) is 1. The van der Waals surface area contributed by atoms with Gasteiger partial charge in [-0.25, -0.2) is 0 Å². The van der Waals surface area contributed by atoms with Crippen molar-refractivity contribution in [2.45, 2.75) is 32.7 Å². The van der Waals surface area contributed by atoms with E-state index in [1.165, 1.54) is 0 Å². The first-order valence-corrected chi connectivity index (χ1v) is 7.57. The van der Waals surface area contributed by atoms with Gasteiger partial charge in [0.15, 0.2) is 0 Å². The van der Waals surface area contributed by atoms with Gasteiger partial charge in [-0.2, -0.15) is 0 Å². The van der Waals surface area contributed by atoms with Gasteiger partial charge >= 0.3 is 0 Å². The lowest BCUT2D eigenvalue weighted by Gasteiger charge is -2.18. The van der Waals surface area contributed by atoms with E-state index >= 15 is 0 Å². The number of halogens is 2. The zero-order chi connectivity index (χ0) is 16.5. The SMILES string of the molecule is CC(C)C[C@H](N)C(=O)NCC(=O)N(C)CCc1ccccn1.Cl.Cl. The van der Waals surface area contributed by atoms with Crippen molar-refractivity contribution in [2.75, 3.05) is 20.1 Å². The number of carbonyl (C=O) groups excluding carboxylic acids is 2. The molecule has 1 atom stereocenters. The average molecular weight is 379 g/mol. The number of hydrogen-bond acceptors (Lipinski definition) is 4. The van der Waals surface area contributed by atoms with Crippen molar-refractivity contribution in [1.82, 2.24) is 15.2 Å². The molecule has 1 aromatic rings. The molecule has 8 heteroatoms. The Bertz CT molecular complexity index is 486. The van der Waals surface area contributed by atoms with E-state index in [1.54, 1.807) is 18.1 Å². The first-order valence-electron chi connectivity index (χ1n) is 7.57. The smallest absolute Gasteiger partial charge is 0.241 e. The molecule has 0 bridgehead atoms. The van der Waals surface area contributed by atoms with Crippen LogP contribution in [-0.2, 0) is 16.0 Å². The first-order chi connectivity index (χ1) is 10.4. The maximum absolute atomic E-state index is 12.0. The normalized spacial score (nSPS) is 11.0. The summed E-state index contributed by atoms with van der Waals surface area (Å²) in [5.74, 6) is -0.0706. The summed E-state index contributed by atoms with van der Waals surface area (Å²) >= 11 is 0. The molecule has 3 N–H and O–H groups in total. The second kappa shape index (κ2) is 13.0. The van der Waals surface area contributed by atoms with E-state index in [9.17, 15) is 9.59 Å². The van der Waals surface area contributed by atoms with Gasteiger partial charge in [0.1, 0.15) is 0 Å². The van der Waals surface area contributed by atoms with Gasteiger partial charge in [0.05, 0.1) is 12.6 Å². The van der Waals surface area contributed by atoms with Gasteiger partial charge in [0.2, 0.25) is 11.8 Å². The third kappa shape index (κ3) is 9.70. The molecule has 0 radical (unpaired) electrons. The molecular weight excluding hydrogens is 351 g/mol. The molecule has 0 fully saturated rings. The van der Waals surface area contributed by atoms with Crippen LogP contribution in [0.4, 0.5) is 0 Å². The Kier molecular flexibility index (Phi) is 13.5. The van der Waals surface area contributed by atoms with Crippen LogP contribution in [-0.4, -0.2) is 47.9 Å². The predicted molar refractivity (Wildman–Crippen MR) is 101 cm³/mol. The van der Waals surface area contributed by atoms with Crippen molar-refractivity contribution >= 4 is 36.6 Å². The summed E-state index contributed by atoms with van der Waals surface area (Å²) in [6.07, 6.45) is 3.02. The molecule has 0 saturated carbocycles. The van der Waals surface area contributed by atoms with Crippen LogP contribution in [0.2, 0.25) is 0 Å². The second-order valence-electron chi connectivity index (χ2n) is 5.84. The average Bonchev–Trinajstić information content (AvgIpc) is 2.50. The van der Waals surface area contributed by atoms with Crippen LogP contribution in [0.1, 0.15) is 26.0 Å². The molecule has 24 heavy (non-hydrogen) atoms. The Balaban J connectivity index is 0. The van der Waals surface area contributed by atoms with Gasteiger partial charge in [-0.3, -0.25) is 14.6 Å². The monoisotopic (exact) mass is 378 g/mol. The van der Waals surface area contributed by atoms with Gasteiger partial charge in [0, 0.05) is 31.9 Å². The van der Waals surface area contributed by atoms with Crippen molar-refractivity contribution in [3.8, 4) is 0 Å². The summed E-state index contributed by atoms with van der Waals surface area (Å²) in [5, 5.41) is 2.60. The molecule has 0 aliphatic heterocycles. The standard InChI is InChI=1S/C16H26N4O2.2ClH/c1-12(2)10-14(17)16(22)19-11-15(21)20(3)9-7-13-6-4-5-8-18-13;;/h4-6,8,12,14H,7,9-11,17H2,1-3H3,(H,19,22);2*1H/t14-;;/m0../s1. The highest BCUT2D eigenvalue weighted by molar-refractivity contribution is 5.87. The van der Waals surface area contributed by atoms with Gasteiger partial charge < -0.3 is 16.0 Å². The maximum atomic E-state index is 12.0. The van der Waals surface area contributed by atoms with Crippen molar-refractivity contribution in [3.05, 3.63) is 30.1 Å². The lowest BCUT2D eigenvalue weighted by Crippen LogP contribution is -2.46. The number of rotatable bonds is 8. The fourth-order valence-electron chi connectivity index (χ4n) is 2.00. The number of likely N-dealkylation sites (N-methyl/N-ethyl adjacent to an activating group) is 1. The highest BCUT2D eigenvalue weighted by Gasteiger charge is 2.16. The highest BCUT2D eigenvalue weighted by atomic mass is 35.5. The third-order valence-corrected chi connectivity index (χ3v) is 3.33. The van der Waals surface area contributed by atoms with Crippen molar-refractivity contribution < 1.29 is 9.59 Å². The summed E-state index contributed by atoms with van der Waals surface area (Å²) in [7, 11) is 1.71. The van der Waals surface area contributed by atoms with E-state index < -0.39 is 6.04 Å². The van der Waals surface area contributed by atoms with E-state index in [0.717, 1.165) is 5.69 Å². The number of carbonyl (C=O) groups is 2. The minimum Gasteiger partial charge on any atom is -0.346 e. The maximum Gasteiger partial charge on any atom is 0.241 e. The number of amides is 2. The first kappa shape index (κ1) is 24.9. The summed E-state index contributed by atoms with van der Waals surface area (Å²) in [4.78, 5) is 29.5. The molecule has 1 rings (SSSR count). The molecule has 0 aromatic carbocycles. The third-order valence-electron chi connectivity index (χ3n) is 3.33. The quantitative estimate of drug-likeness (QED) is 0.715. The predicted octanol–water partition coefficient (Wildman–Crippen LogP) is 1.42. The lowest BCUT2D eigenvalue weighted by molar-refractivity contribution is -0.132. The molecule has 1 aromatic heterocycles.